The fraction of sp³-hybridized carbons (Fsp3) is 0.125. The fourth-order valence-corrected chi connectivity index (χ4v) is 3.15. The van der Waals surface area contributed by atoms with Crippen LogP contribution in [0.15, 0.2) is 28.8 Å². The van der Waals surface area contributed by atoms with Gasteiger partial charge in [0.15, 0.2) is 5.82 Å². The van der Waals surface area contributed by atoms with Crippen LogP contribution in [0.25, 0.3) is 0 Å². The summed E-state index contributed by atoms with van der Waals surface area (Å²) in [7, 11) is 0. The number of carbonyl (C=O) groups excluding carboxylic acids is 3. The van der Waals surface area contributed by atoms with Gasteiger partial charge < -0.3 is 4.52 Å². The minimum atomic E-state index is -0.556. The molecule has 0 aliphatic carbocycles. The first-order valence-electron chi connectivity index (χ1n) is 7.51. The van der Waals surface area contributed by atoms with Gasteiger partial charge in [0.2, 0.25) is 5.13 Å². The van der Waals surface area contributed by atoms with Crippen LogP contribution in [0, 0.1) is 13.8 Å². The van der Waals surface area contributed by atoms with Crippen molar-refractivity contribution in [2.45, 2.75) is 13.8 Å². The standard InChI is InChI=1S/C16H11N5O4S/c1-7-5-12(20-25-7)21-14(23)10-4-3-9(6-11(10)15(21)24)13(22)17-16-19-18-8(2)26-16/h3-6H,1-2H3,(H,17,19,22). The molecule has 3 heterocycles. The molecule has 130 valence electrons. The molecule has 0 bridgehead atoms. The Morgan fingerprint density at radius 2 is 1.88 bits per heavy atom. The summed E-state index contributed by atoms with van der Waals surface area (Å²) in [5, 5.41) is 15.0. The lowest BCUT2D eigenvalue weighted by atomic mass is 10.1. The molecule has 1 aromatic carbocycles. The van der Waals surface area contributed by atoms with Gasteiger partial charge in [0.25, 0.3) is 17.7 Å². The molecular weight excluding hydrogens is 358 g/mol. The van der Waals surface area contributed by atoms with Crippen molar-refractivity contribution in [3.05, 3.63) is 51.7 Å². The molecule has 1 N–H and O–H groups in total. The molecule has 0 spiro atoms. The molecule has 9 nitrogen and oxygen atoms in total. The van der Waals surface area contributed by atoms with Crippen LogP contribution < -0.4 is 10.2 Å². The number of fused-ring (bicyclic) bond motifs is 1. The van der Waals surface area contributed by atoms with Crippen LogP contribution in [0.4, 0.5) is 10.9 Å². The van der Waals surface area contributed by atoms with Gasteiger partial charge in [-0.25, -0.2) is 4.90 Å². The summed E-state index contributed by atoms with van der Waals surface area (Å²) in [6.07, 6.45) is 0. The predicted molar refractivity (Wildman–Crippen MR) is 91.4 cm³/mol. The lowest BCUT2D eigenvalue weighted by Gasteiger charge is -2.07. The third kappa shape index (κ3) is 2.56. The van der Waals surface area contributed by atoms with Crippen molar-refractivity contribution in [2.24, 2.45) is 0 Å². The Balaban J connectivity index is 1.64. The van der Waals surface area contributed by atoms with E-state index in [1.165, 1.54) is 35.6 Å². The van der Waals surface area contributed by atoms with Gasteiger partial charge >= 0.3 is 0 Å². The SMILES string of the molecule is Cc1cc(N2C(=O)c3ccc(C(=O)Nc4nnc(C)s4)cc3C2=O)no1. The molecular formula is C16H11N5O4S. The molecule has 0 saturated heterocycles. The van der Waals surface area contributed by atoms with Crippen molar-refractivity contribution in [1.82, 2.24) is 15.4 Å². The highest BCUT2D eigenvalue weighted by atomic mass is 32.1. The summed E-state index contributed by atoms with van der Waals surface area (Å²) >= 11 is 1.23. The number of aromatic nitrogens is 3. The molecule has 1 aliphatic rings. The van der Waals surface area contributed by atoms with Gasteiger partial charge in [0.05, 0.1) is 11.1 Å². The Kier molecular flexibility index (Phi) is 3.62. The van der Waals surface area contributed by atoms with E-state index in [0.29, 0.717) is 15.9 Å². The van der Waals surface area contributed by atoms with E-state index in [1.807, 2.05) is 0 Å². The number of aryl methyl sites for hydroxylation is 2. The number of hydrogen-bond acceptors (Lipinski definition) is 8. The number of nitrogens with zero attached hydrogens (tertiary/aromatic N) is 4. The zero-order valence-electron chi connectivity index (χ0n) is 13.6. The molecule has 3 amide bonds. The number of amides is 3. The van der Waals surface area contributed by atoms with E-state index < -0.39 is 17.7 Å². The van der Waals surface area contributed by atoms with E-state index in [1.54, 1.807) is 13.8 Å². The highest BCUT2D eigenvalue weighted by molar-refractivity contribution is 7.15. The maximum atomic E-state index is 12.6. The molecule has 0 saturated carbocycles. The first kappa shape index (κ1) is 16.1. The number of nitrogens with one attached hydrogen (secondary N) is 1. The lowest BCUT2D eigenvalue weighted by Crippen LogP contribution is -2.29. The fourth-order valence-electron chi connectivity index (χ4n) is 2.57. The molecule has 2 aromatic heterocycles. The monoisotopic (exact) mass is 369 g/mol. The second-order valence-corrected chi connectivity index (χ2v) is 6.76. The highest BCUT2D eigenvalue weighted by Gasteiger charge is 2.38. The molecule has 26 heavy (non-hydrogen) atoms. The lowest BCUT2D eigenvalue weighted by molar-refractivity contribution is 0.0923. The van der Waals surface area contributed by atoms with Crippen molar-refractivity contribution < 1.29 is 18.9 Å². The smallest absolute Gasteiger partial charge is 0.267 e. The summed E-state index contributed by atoms with van der Waals surface area (Å²) < 4.78 is 4.93. The van der Waals surface area contributed by atoms with Crippen LogP contribution in [-0.4, -0.2) is 33.1 Å². The normalized spacial score (nSPS) is 13.2. The van der Waals surface area contributed by atoms with E-state index in [0.717, 1.165) is 4.90 Å². The molecule has 1 aliphatic heterocycles. The van der Waals surface area contributed by atoms with Crippen molar-refractivity contribution >= 4 is 40.0 Å². The minimum absolute atomic E-state index is 0.115. The van der Waals surface area contributed by atoms with Crippen LogP contribution in [0.2, 0.25) is 0 Å². The number of imide groups is 1. The van der Waals surface area contributed by atoms with Crippen LogP contribution in [0.1, 0.15) is 41.8 Å². The quantitative estimate of drug-likeness (QED) is 0.703. The number of hydrogen-bond donors (Lipinski definition) is 1. The molecule has 0 fully saturated rings. The predicted octanol–water partition coefficient (Wildman–Crippen LogP) is 2.20. The average molecular weight is 369 g/mol. The molecule has 3 aromatic rings. The average Bonchev–Trinajstić information content (AvgIpc) is 3.28. The summed E-state index contributed by atoms with van der Waals surface area (Å²) in [5.41, 5.74) is 0.576. The topological polar surface area (TPSA) is 118 Å². The number of anilines is 2. The summed E-state index contributed by atoms with van der Waals surface area (Å²) in [5.74, 6) is -0.919. The summed E-state index contributed by atoms with van der Waals surface area (Å²) in [6, 6.07) is 5.80. The molecule has 4 rings (SSSR count). The zero-order chi connectivity index (χ0) is 18.4. The Morgan fingerprint density at radius 3 is 2.54 bits per heavy atom. The Morgan fingerprint density at radius 1 is 1.12 bits per heavy atom. The second-order valence-electron chi connectivity index (χ2n) is 5.58. The van der Waals surface area contributed by atoms with E-state index >= 15 is 0 Å². The molecule has 0 atom stereocenters. The van der Waals surface area contributed by atoms with Crippen LogP contribution in [-0.2, 0) is 0 Å². The van der Waals surface area contributed by atoms with Gasteiger partial charge in [-0.2, -0.15) is 0 Å². The van der Waals surface area contributed by atoms with E-state index in [9.17, 15) is 14.4 Å². The van der Waals surface area contributed by atoms with Crippen LogP contribution in [0.5, 0.6) is 0 Å². The Bertz CT molecular complexity index is 1070. The maximum Gasteiger partial charge on any atom is 0.267 e. The first-order chi connectivity index (χ1) is 12.4. The summed E-state index contributed by atoms with van der Waals surface area (Å²) in [6.45, 7) is 3.43. The summed E-state index contributed by atoms with van der Waals surface area (Å²) in [4.78, 5) is 38.4. The number of rotatable bonds is 3. The Labute approximate surface area is 150 Å². The van der Waals surface area contributed by atoms with Gasteiger partial charge in [-0.1, -0.05) is 16.5 Å². The van der Waals surface area contributed by atoms with Crippen LogP contribution >= 0.6 is 11.3 Å². The third-order valence-electron chi connectivity index (χ3n) is 3.74. The van der Waals surface area contributed by atoms with Gasteiger partial charge in [-0.3, -0.25) is 19.7 Å². The van der Waals surface area contributed by atoms with Crippen LogP contribution in [0.3, 0.4) is 0 Å². The highest BCUT2D eigenvalue weighted by Crippen LogP contribution is 2.29. The van der Waals surface area contributed by atoms with E-state index in [2.05, 4.69) is 20.7 Å². The van der Waals surface area contributed by atoms with Gasteiger partial charge in [-0.05, 0) is 32.0 Å². The Hall–Kier alpha value is -3.40. The largest absolute Gasteiger partial charge is 0.360 e. The van der Waals surface area contributed by atoms with Crippen molar-refractivity contribution in [2.75, 3.05) is 10.2 Å². The number of benzene rings is 1. The van der Waals surface area contributed by atoms with Crippen molar-refractivity contribution in [1.29, 1.82) is 0 Å². The third-order valence-corrected chi connectivity index (χ3v) is 4.49. The zero-order valence-corrected chi connectivity index (χ0v) is 14.5. The van der Waals surface area contributed by atoms with E-state index in [4.69, 9.17) is 4.52 Å². The van der Waals surface area contributed by atoms with Gasteiger partial charge in [0, 0.05) is 11.6 Å². The number of carbonyl (C=O) groups is 3. The van der Waals surface area contributed by atoms with Crippen molar-refractivity contribution in [3.8, 4) is 0 Å². The first-order valence-corrected chi connectivity index (χ1v) is 8.33. The molecule has 0 radical (unpaired) electrons. The van der Waals surface area contributed by atoms with Gasteiger partial charge in [0.1, 0.15) is 10.8 Å². The van der Waals surface area contributed by atoms with E-state index in [-0.39, 0.29) is 22.5 Å². The van der Waals surface area contributed by atoms with Gasteiger partial charge in [-0.15, -0.1) is 10.2 Å². The van der Waals surface area contributed by atoms with Crippen molar-refractivity contribution in [3.63, 3.8) is 0 Å². The molecule has 0 unspecified atom stereocenters. The second kappa shape index (κ2) is 5.85. The molecule has 10 heteroatoms. The minimum Gasteiger partial charge on any atom is -0.360 e. The maximum absolute atomic E-state index is 12.6.